The molecule has 1 amide bonds. The highest BCUT2D eigenvalue weighted by Crippen LogP contribution is 2.36. The second kappa shape index (κ2) is 9.12. The Morgan fingerprint density at radius 1 is 0.949 bits per heavy atom. The average Bonchev–Trinajstić information content (AvgIpc) is 3.36. The van der Waals surface area contributed by atoms with Crippen LogP contribution in [0.2, 0.25) is 0 Å². The minimum Gasteiger partial charge on any atom is -0.464 e. The molecule has 0 N–H and O–H groups in total. The number of amides is 1. The van der Waals surface area contributed by atoms with Crippen LogP contribution in [0.1, 0.15) is 35.6 Å². The maximum atomic E-state index is 13.3. The predicted octanol–water partition coefficient (Wildman–Crippen LogP) is 5.25. The maximum absolute atomic E-state index is 13.3. The molecule has 7 heteroatoms. The van der Waals surface area contributed by atoms with E-state index in [-0.39, 0.29) is 29.7 Å². The summed E-state index contributed by atoms with van der Waals surface area (Å²) < 4.78 is 13.4. The van der Waals surface area contributed by atoms with Crippen LogP contribution in [0.3, 0.4) is 0 Å². The average molecular weight is 521 g/mol. The van der Waals surface area contributed by atoms with Gasteiger partial charge in [0.05, 0.1) is 6.26 Å². The summed E-state index contributed by atoms with van der Waals surface area (Å²) in [5, 5.41) is 1.80. The molecule has 2 aliphatic heterocycles. The fraction of sp³-hybridized carbons (Fsp3) is 0.281. The van der Waals surface area contributed by atoms with Gasteiger partial charge in [-0.15, -0.1) is 0 Å². The Hall–Kier alpha value is -4.39. The molecule has 2 bridgehead atoms. The van der Waals surface area contributed by atoms with Crippen LogP contribution in [0.5, 0.6) is 0 Å². The summed E-state index contributed by atoms with van der Waals surface area (Å²) in [7, 11) is 0. The maximum Gasteiger partial charge on any atom is 0.339 e. The molecule has 0 spiro atoms. The van der Waals surface area contributed by atoms with Gasteiger partial charge in [-0.05, 0) is 48.9 Å². The van der Waals surface area contributed by atoms with Crippen LogP contribution < -0.4 is 11.2 Å². The Bertz CT molecular complexity index is 1860. The summed E-state index contributed by atoms with van der Waals surface area (Å²) >= 11 is 0. The number of hydrogen-bond acceptors (Lipinski definition) is 5. The van der Waals surface area contributed by atoms with Gasteiger partial charge >= 0.3 is 5.63 Å². The van der Waals surface area contributed by atoms with E-state index in [4.69, 9.17) is 8.83 Å². The van der Waals surface area contributed by atoms with Gasteiger partial charge in [0.2, 0.25) is 5.91 Å². The summed E-state index contributed by atoms with van der Waals surface area (Å²) in [6.45, 7) is 3.82. The molecule has 5 heterocycles. The summed E-state index contributed by atoms with van der Waals surface area (Å²) in [5.41, 5.74) is 5.18. The van der Waals surface area contributed by atoms with Crippen molar-refractivity contribution >= 4 is 27.8 Å². The van der Waals surface area contributed by atoms with Gasteiger partial charge in [0, 0.05) is 71.7 Å². The lowest BCUT2D eigenvalue weighted by atomic mass is 9.83. The normalized spacial score (nSPS) is 18.4. The molecular weight excluding hydrogens is 492 g/mol. The Morgan fingerprint density at radius 2 is 1.79 bits per heavy atom. The standard InChI is InChI=1S/C32H28N2O5/c1-19-23(10-11-30(35)33-15-20-12-22(17-33)27-8-5-9-31(36)34(27)16-20)32(37)39-29-14-28-25(13-24(19)29)26(18-38-28)21-6-3-2-4-7-21/h2-9,13-14,18,20,22H,10-12,15-17H2,1H3. The van der Waals surface area contributed by atoms with E-state index in [2.05, 4.69) is 0 Å². The number of piperidine rings is 1. The second-order valence-corrected chi connectivity index (χ2v) is 10.8. The first kappa shape index (κ1) is 23.7. The van der Waals surface area contributed by atoms with E-state index in [9.17, 15) is 14.4 Å². The number of fused-ring (bicyclic) bond motifs is 6. The molecule has 196 valence electrons. The van der Waals surface area contributed by atoms with Crippen LogP contribution in [-0.4, -0.2) is 28.5 Å². The third-order valence-electron chi connectivity index (χ3n) is 8.49. The lowest BCUT2D eigenvalue weighted by molar-refractivity contribution is -0.133. The molecule has 7 nitrogen and oxygen atoms in total. The highest BCUT2D eigenvalue weighted by molar-refractivity contribution is 6.02. The lowest BCUT2D eigenvalue weighted by Gasteiger charge is -2.42. The smallest absolute Gasteiger partial charge is 0.339 e. The Morgan fingerprint density at radius 3 is 2.64 bits per heavy atom. The third-order valence-corrected chi connectivity index (χ3v) is 8.49. The fourth-order valence-electron chi connectivity index (χ4n) is 6.53. The van der Waals surface area contributed by atoms with Crippen molar-refractivity contribution in [2.75, 3.05) is 13.1 Å². The van der Waals surface area contributed by atoms with Crippen LogP contribution >= 0.6 is 0 Å². The van der Waals surface area contributed by atoms with Crippen molar-refractivity contribution in [1.82, 2.24) is 9.47 Å². The molecule has 7 rings (SSSR count). The number of furan rings is 1. The van der Waals surface area contributed by atoms with E-state index >= 15 is 0 Å². The quantitative estimate of drug-likeness (QED) is 0.302. The van der Waals surface area contributed by atoms with E-state index in [0.29, 0.717) is 42.8 Å². The number of pyridine rings is 1. The van der Waals surface area contributed by atoms with Crippen molar-refractivity contribution in [2.24, 2.45) is 5.92 Å². The summed E-state index contributed by atoms with van der Waals surface area (Å²) in [6, 6.07) is 19.2. The minimum absolute atomic E-state index is 0.0315. The summed E-state index contributed by atoms with van der Waals surface area (Å²) in [5.74, 6) is 0.468. The minimum atomic E-state index is -0.411. The van der Waals surface area contributed by atoms with Crippen molar-refractivity contribution in [3.05, 3.63) is 105 Å². The number of hydrogen-bond donors (Lipinski definition) is 0. The molecule has 0 aliphatic carbocycles. The van der Waals surface area contributed by atoms with Gasteiger partial charge in [-0.2, -0.15) is 0 Å². The zero-order valence-corrected chi connectivity index (χ0v) is 21.7. The number of rotatable bonds is 4. The first-order valence-corrected chi connectivity index (χ1v) is 13.5. The van der Waals surface area contributed by atoms with Crippen LogP contribution in [-0.2, 0) is 17.8 Å². The lowest BCUT2D eigenvalue weighted by Crippen LogP contribution is -2.49. The van der Waals surface area contributed by atoms with Gasteiger partial charge in [0.15, 0.2) is 0 Å². The molecule has 3 aromatic heterocycles. The largest absolute Gasteiger partial charge is 0.464 e. The van der Waals surface area contributed by atoms with Crippen LogP contribution in [0.25, 0.3) is 33.1 Å². The number of benzene rings is 2. The van der Waals surface area contributed by atoms with Gasteiger partial charge < -0.3 is 18.3 Å². The first-order valence-electron chi connectivity index (χ1n) is 13.5. The number of nitrogens with zero attached hydrogens (tertiary/aromatic N) is 2. The second-order valence-electron chi connectivity index (χ2n) is 10.8. The number of carbonyl (C=O) groups excluding carboxylic acids is 1. The molecule has 2 atom stereocenters. The van der Waals surface area contributed by atoms with Gasteiger partial charge in [0.1, 0.15) is 11.2 Å². The van der Waals surface area contributed by atoms with Crippen molar-refractivity contribution in [1.29, 1.82) is 0 Å². The zero-order chi connectivity index (χ0) is 26.7. The number of aromatic nitrogens is 1. The van der Waals surface area contributed by atoms with Crippen molar-refractivity contribution in [2.45, 2.75) is 38.6 Å². The van der Waals surface area contributed by atoms with E-state index in [1.54, 1.807) is 24.5 Å². The Kier molecular flexibility index (Phi) is 5.54. The number of carbonyl (C=O) groups is 1. The molecule has 39 heavy (non-hydrogen) atoms. The number of aryl methyl sites for hydroxylation is 1. The molecule has 1 saturated heterocycles. The topological polar surface area (TPSA) is 85.7 Å². The van der Waals surface area contributed by atoms with Crippen molar-refractivity contribution in [3.8, 4) is 11.1 Å². The van der Waals surface area contributed by atoms with Gasteiger partial charge in [0.25, 0.3) is 5.56 Å². The van der Waals surface area contributed by atoms with E-state index < -0.39 is 5.63 Å². The van der Waals surface area contributed by atoms with Gasteiger partial charge in [-0.25, -0.2) is 4.79 Å². The van der Waals surface area contributed by atoms with Gasteiger partial charge in [-0.1, -0.05) is 36.4 Å². The van der Waals surface area contributed by atoms with Gasteiger partial charge in [-0.3, -0.25) is 9.59 Å². The van der Waals surface area contributed by atoms with E-state index in [1.807, 2.05) is 58.9 Å². The van der Waals surface area contributed by atoms with Crippen LogP contribution in [0.15, 0.2) is 85.4 Å². The molecule has 0 radical (unpaired) electrons. The molecular formula is C32H28N2O5. The highest BCUT2D eigenvalue weighted by atomic mass is 16.4. The predicted molar refractivity (Wildman–Crippen MR) is 149 cm³/mol. The van der Waals surface area contributed by atoms with E-state index in [1.165, 1.54) is 0 Å². The molecule has 0 saturated carbocycles. The molecule has 1 fully saturated rings. The van der Waals surface area contributed by atoms with E-state index in [0.717, 1.165) is 39.6 Å². The molecule has 2 aliphatic rings. The SMILES string of the molecule is Cc1c(CCC(=O)N2CC3CC(C2)c2cccc(=O)n2C3)c(=O)oc2cc3occ(-c4ccccc4)c3cc12. The third kappa shape index (κ3) is 4.00. The zero-order valence-electron chi connectivity index (χ0n) is 21.7. The summed E-state index contributed by atoms with van der Waals surface area (Å²) in [6.07, 6.45) is 3.28. The van der Waals surface area contributed by atoms with Crippen LogP contribution in [0, 0.1) is 12.8 Å². The summed E-state index contributed by atoms with van der Waals surface area (Å²) in [4.78, 5) is 40.5. The monoisotopic (exact) mass is 520 g/mol. The molecule has 2 unspecified atom stereocenters. The Balaban J connectivity index is 1.15. The Labute approximate surface area is 224 Å². The van der Waals surface area contributed by atoms with Crippen molar-refractivity contribution < 1.29 is 13.6 Å². The molecule has 2 aromatic carbocycles. The van der Waals surface area contributed by atoms with Crippen molar-refractivity contribution in [3.63, 3.8) is 0 Å². The van der Waals surface area contributed by atoms with Crippen LogP contribution in [0.4, 0.5) is 0 Å². The first-order chi connectivity index (χ1) is 19.0. The highest BCUT2D eigenvalue weighted by Gasteiger charge is 2.36. The molecule has 5 aromatic rings. The fourth-order valence-corrected chi connectivity index (χ4v) is 6.53. The number of likely N-dealkylation sites (tertiary alicyclic amines) is 1.